The molecule has 0 aromatic heterocycles. The first kappa shape index (κ1) is 12.6. The van der Waals surface area contributed by atoms with Gasteiger partial charge in [0.05, 0.1) is 5.70 Å². The lowest BCUT2D eigenvalue weighted by molar-refractivity contribution is 0.515. The van der Waals surface area contributed by atoms with Crippen LogP contribution in [-0.2, 0) is 0 Å². The summed E-state index contributed by atoms with van der Waals surface area (Å²) in [5, 5.41) is 0. The molecular weight excluding hydrogens is 225 g/mol. The Hall–Kier alpha value is -1.83. The van der Waals surface area contributed by atoms with Crippen molar-refractivity contribution in [2.75, 3.05) is 6.54 Å². The van der Waals surface area contributed by atoms with Crippen molar-refractivity contribution in [2.24, 2.45) is 0 Å². The molecule has 0 fully saturated rings. The van der Waals surface area contributed by atoms with Crippen molar-refractivity contribution in [1.82, 2.24) is 4.90 Å². The summed E-state index contributed by atoms with van der Waals surface area (Å²) < 4.78 is 14.1. The van der Waals surface area contributed by atoms with Crippen molar-refractivity contribution in [3.05, 3.63) is 65.1 Å². The topological polar surface area (TPSA) is 3.24 Å². The zero-order valence-corrected chi connectivity index (χ0v) is 11.1. The first-order valence-corrected chi connectivity index (χ1v) is 6.16. The molecule has 0 amide bonds. The Morgan fingerprint density at radius 1 is 1.22 bits per heavy atom. The third-order valence-corrected chi connectivity index (χ3v) is 3.28. The molecule has 1 nitrogen and oxygen atoms in total. The lowest BCUT2D eigenvalue weighted by Gasteiger charge is -2.31. The van der Waals surface area contributed by atoms with Crippen LogP contribution < -0.4 is 0 Å². The molecule has 18 heavy (non-hydrogen) atoms. The molecule has 0 saturated heterocycles. The van der Waals surface area contributed by atoms with Crippen molar-refractivity contribution < 1.29 is 4.39 Å². The van der Waals surface area contributed by atoms with Crippen LogP contribution in [0.1, 0.15) is 25.0 Å². The molecule has 2 heteroatoms. The van der Waals surface area contributed by atoms with Crippen LogP contribution in [0.5, 0.6) is 0 Å². The Labute approximate surface area is 108 Å². The first-order chi connectivity index (χ1) is 8.54. The van der Waals surface area contributed by atoms with Gasteiger partial charge in [-0.05, 0) is 50.1 Å². The van der Waals surface area contributed by atoms with Crippen LogP contribution in [0.4, 0.5) is 4.39 Å². The minimum Gasteiger partial charge on any atom is -0.341 e. The highest BCUT2D eigenvalue weighted by molar-refractivity contribution is 5.71. The van der Waals surface area contributed by atoms with Crippen LogP contribution in [0, 0.1) is 12.7 Å². The number of hydrogen-bond acceptors (Lipinski definition) is 1. The summed E-state index contributed by atoms with van der Waals surface area (Å²) in [5.41, 5.74) is 4.50. The number of halogens is 1. The van der Waals surface area contributed by atoms with Gasteiger partial charge < -0.3 is 4.90 Å². The van der Waals surface area contributed by atoms with E-state index in [1.807, 2.05) is 50.0 Å². The van der Waals surface area contributed by atoms with Crippen molar-refractivity contribution in [2.45, 2.75) is 20.8 Å². The number of nitrogens with zero attached hydrogens (tertiary/aromatic N) is 1. The Bertz CT molecular complexity index is 552. The second-order valence-corrected chi connectivity index (χ2v) is 4.58. The molecule has 0 saturated carbocycles. The maximum atomic E-state index is 14.1. The van der Waals surface area contributed by atoms with E-state index in [0.717, 1.165) is 29.1 Å². The van der Waals surface area contributed by atoms with Gasteiger partial charge in [-0.25, -0.2) is 4.39 Å². The number of rotatable bonds is 2. The maximum absolute atomic E-state index is 14.1. The minimum atomic E-state index is -0.180. The molecular formula is C16H18FN. The highest BCUT2D eigenvalue weighted by Gasteiger charge is 2.19. The summed E-state index contributed by atoms with van der Waals surface area (Å²) in [6.07, 6.45) is 3.95. The summed E-state index contributed by atoms with van der Waals surface area (Å²) in [7, 11) is 0. The number of aryl methyl sites for hydroxylation is 1. The van der Waals surface area contributed by atoms with E-state index in [2.05, 4.69) is 6.58 Å². The fourth-order valence-corrected chi connectivity index (χ4v) is 2.17. The van der Waals surface area contributed by atoms with Gasteiger partial charge in [-0.1, -0.05) is 18.7 Å². The van der Waals surface area contributed by atoms with Gasteiger partial charge in [-0.3, -0.25) is 0 Å². The molecule has 94 valence electrons. The van der Waals surface area contributed by atoms with Gasteiger partial charge in [-0.15, -0.1) is 0 Å². The second kappa shape index (κ2) is 4.81. The molecule has 1 aromatic carbocycles. The smallest absolute Gasteiger partial charge is 0.132 e. The van der Waals surface area contributed by atoms with Gasteiger partial charge in [0.2, 0.25) is 0 Å². The first-order valence-electron chi connectivity index (χ1n) is 6.16. The maximum Gasteiger partial charge on any atom is 0.132 e. The molecule has 2 rings (SSSR count). The van der Waals surface area contributed by atoms with Crippen molar-refractivity contribution >= 4 is 5.70 Å². The van der Waals surface area contributed by atoms with Crippen molar-refractivity contribution in [1.29, 1.82) is 0 Å². The van der Waals surface area contributed by atoms with Gasteiger partial charge in [0.1, 0.15) is 5.82 Å². The molecule has 1 aliphatic heterocycles. The largest absolute Gasteiger partial charge is 0.341 e. The van der Waals surface area contributed by atoms with E-state index >= 15 is 0 Å². The van der Waals surface area contributed by atoms with E-state index in [1.165, 1.54) is 0 Å². The molecule has 0 N–H and O–H groups in total. The molecule has 1 heterocycles. The summed E-state index contributed by atoms with van der Waals surface area (Å²) in [6.45, 7) is 10.8. The SMILES string of the molecule is C=C1C(C)=CC=C(c2ccc(C)cc2F)N1CC. The number of hydrogen-bond donors (Lipinski definition) is 0. The predicted octanol–water partition coefficient (Wildman–Crippen LogP) is 4.27. The Morgan fingerprint density at radius 2 is 1.94 bits per heavy atom. The predicted molar refractivity (Wildman–Crippen MR) is 74.4 cm³/mol. The fraction of sp³-hybridized carbons (Fsp3) is 0.250. The number of benzene rings is 1. The fourth-order valence-electron chi connectivity index (χ4n) is 2.17. The van der Waals surface area contributed by atoms with Crippen LogP contribution in [0.2, 0.25) is 0 Å². The van der Waals surface area contributed by atoms with E-state index in [4.69, 9.17) is 0 Å². The van der Waals surface area contributed by atoms with E-state index < -0.39 is 0 Å². The zero-order valence-electron chi connectivity index (χ0n) is 11.1. The second-order valence-electron chi connectivity index (χ2n) is 4.58. The molecule has 0 aliphatic carbocycles. The third kappa shape index (κ3) is 2.10. The lowest BCUT2D eigenvalue weighted by atomic mass is 10.0. The molecule has 0 radical (unpaired) electrons. The Balaban J connectivity index is 2.52. The van der Waals surface area contributed by atoms with Crippen LogP contribution in [-0.4, -0.2) is 11.4 Å². The van der Waals surface area contributed by atoms with Crippen LogP contribution in [0.3, 0.4) is 0 Å². The number of allylic oxidation sites excluding steroid dienone is 3. The zero-order chi connectivity index (χ0) is 13.3. The monoisotopic (exact) mass is 243 g/mol. The molecule has 0 unspecified atom stereocenters. The third-order valence-electron chi connectivity index (χ3n) is 3.28. The summed E-state index contributed by atoms with van der Waals surface area (Å²) in [4.78, 5) is 2.04. The highest BCUT2D eigenvalue weighted by Crippen LogP contribution is 2.31. The molecule has 1 aromatic rings. The quantitative estimate of drug-likeness (QED) is 0.749. The van der Waals surface area contributed by atoms with Crippen molar-refractivity contribution in [3.8, 4) is 0 Å². The molecule has 0 spiro atoms. The van der Waals surface area contributed by atoms with Gasteiger partial charge in [0.15, 0.2) is 0 Å². The summed E-state index contributed by atoms with van der Waals surface area (Å²) in [6, 6.07) is 5.33. The van der Waals surface area contributed by atoms with Crippen LogP contribution in [0.15, 0.2) is 48.2 Å². The van der Waals surface area contributed by atoms with E-state index in [0.29, 0.717) is 5.56 Å². The van der Waals surface area contributed by atoms with Gasteiger partial charge in [-0.2, -0.15) is 0 Å². The van der Waals surface area contributed by atoms with Crippen LogP contribution >= 0.6 is 0 Å². The number of likely N-dealkylation sites (N-methyl/N-ethyl adjacent to an activating group) is 1. The summed E-state index contributed by atoms with van der Waals surface area (Å²) >= 11 is 0. The molecule has 0 atom stereocenters. The average Bonchev–Trinajstić information content (AvgIpc) is 2.33. The van der Waals surface area contributed by atoms with Crippen molar-refractivity contribution in [3.63, 3.8) is 0 Å². The Morgan fingerprint density at radius 3 is 2.56 bits per heavy atom. The normalized spacial score (nSPS) is 15.6. The van der Waals surface area contributed by atoms with Gasteiger partial charge in [0.25, 0.3) is 0 Å². The summed E-state index contributed by atoms with van der Waals surface area (Å²) in [5.74, 6) is -0.180. The Kier molecular flexibility index (Phi) is 3.37. The molecule has 0 bridgehead atoms. The standard InChI is InChI=1S/C16H18FN/c1-5-18-13(4)12(3)7-9-16(18)14-8-6-11(2)10-15(14)17/h6-10H,4-5H2,1-3H3. The molecule has 1 aliphatic rings. The van der Waals surface area contributed by atoms with E-state index in [9.17, 15) is 4.39 Å². The van der Waals surface area contributed by atoms with E-state index in [-0.39, 0.29) is 5.82 Å². The minimum absolute atomic E-state index is 0.180. The average molecular weight is 243 g/mol. The van der Waals surface area contributed by atoms with E-state index in [1.54, 1.807) is 6.07 Å². The lowest BCUT2D eigenvalue weighted by Crippen LogP contribution is -2.23. The van der Waals surface area contributed by atoms with Gasteiger partial charge >= 0.3 is 0 Å². The highest BCUT2D eigenvalue weighted by atomic mass is 19.1. The van der Waals surface area contributed by atoms with Gasteiger partial charge in [0, 0.05) is 17.8 Å². The van der Waals surface area contributed by atoms with Crippen LogP contribution in [0.25, 0.3) is 5.70 Å².